The smallest absolute Gasteiger partial charge is 0.252 e. The van der Waals surface area contributed by atoms with Crippen molar-refractivity contribution in [2.45, 2.75) is 24.5 Å². The molecule has 0 radical (unpaired) electrons. The minimum absolute atomic E-state index is 0.104. The Labute approximate surface area is 185 Å². The summed E-state index contributed by atoms with van der Waals surface area (Å²) in [4.78, 5) is 17.7. The first-order valence-electron chi connectivity index (χ1n) is 10.1. The van der Waals surface area contributed by atoms with Crippen molar-refractivity contribution >= 4 is 27.0 Å². The first-order chi connectivity index (χ1) is 14.8. The second-order valence-electron chi connectivity index (χ2n) is 7.50. The van der Waals surface area contributed by atoms with E-state index in [2.05, 4.69) is 9.88 Å². The fraction of sp³-hybridized carbons (Fsp3) is 0.318. The van der Waals surface area contributed by atoms with Gasteiger partial charge in [0, 0.05) is 53.6 Å². The van der Waals surface area contributed by atoms with Crippen molar-refractivity contribution in [2.24, 2.45) is 0 Å². The number of pyridine rings is 1. The number of halogens is 1. The normalized spacial score (nSPS) is 15.4. The van der Waals surface area contributed by atoms with Gasteiger partial charge in [-0.1, -0.05) is 6.92 Å². The Bertz CT molecular complexity index is 1240. The maximum atomic E-state index is 13.2. The summed E-state index contributed by atoms with van der Waals surface area (Å²) in [6, 6.07) is 11.5. The zero-order valence-corrected chi connectivity index (χ0v) is 19.0. The molecule has 1 aliphatic heterocycles. The van der Waals surface area contributed by atoms with Crippen LogP contribution in [0.15, 0.2) is 51.5 Å². The van der Waals surface area contributed by atoms with E-state index in [9.17, 15) is 17.6 Å². The molecule has 1 aliphatic rings. The van der Waals surface area contributed by atoms with Crippen LogP contribution >= 0.6 is 11.3 Å². The van der Waals surface area contributed by atoms with Crippen LogP contribution in [0, 0.1) is 12.7 Å². The molecule has 6 nitrogen and oxygen atoms in total. The summed E-state index contributed by atoms with van der Waals surface area (Å²) < 4.78 is 41.3. The quantitative estimate of drug-likeness (QED) is 0.630. The summed E-state index contributed by atoms with van der Waals surface area (Å²) >= 11 is 1.22. The lowest BCUT2D eigenvalue weighted by atomic mass is 10.1. The predicted molar refractivity (Wildman–Crippen MR) is 122 cm³/mol. The van der Waals surface area contributed by atoms with Crippen molar-refractivity contribution in [3.05, 3.63) is 69.9 Å². The number of aryl methyl sites for hydroxylation is 2. The topological polar surface area (TPSA) is 73.5 Å². The van der Waals surface area contributed by atoms with Crippen LogP contribution in [0.4, 0.5) is 10.1 Å². The lowest BCUT2D eigenvalue weighted by molar-refractivity contribution is 0.386. The molecule has 3 heterocycles. The minimum Gasteiger partial charge on any atom is -0.369 e. The Morgan fingerprint density at radius 3 is 2.39 bits per heavy atom. The van der Waals surface area contributed by atoms with Crippen molar-refractivity contribution in [3.63, 3.8) is 0 Å². The lowest BCUT2D eigenvalue weighted by Crippen LogP contribution is -2.48. The molecule has 0 saturated carbocycles. The molecule has 2 aromatic heterocycles. The first-order valence-corrected chi connectivity index (χ1v) is 12.4. The molecule has 4 rings (SSSR count). The predicted octanol–water partition coefficient (Wildman–Crippen LogP) is 3.62. The Kier molecular flexibility index (Phi) is 6.00. The Hall–Kier alpha value is -2.49. The summed E-state index contributed by atoms with van der Waals surface area (Å²) in [6.45, 7) is 5.55. The Morgan fingerprint density at radius 2 is 1.74 bits per heavy atom. The molecular formula is C22H24FN3O3S2. The largest absolute Gasteiger partial charge is 0.369 e. The second kappa shape index (κ2) is 8.57. The second-order valence-corrected chi connectivity index (χ2v) is 10.8. The van der Waals surface area contributed by atoms with Crippen LogP contribution in [-0.2, 0) is 16.4 Å². The number of nitrogens with zero attached hydrogens (tertiary/aromatic N) is 2. The van der Waals surface area contributed by atoms with Crippen LogP contribution in [0.5, 0.6) is 0 Å². The molecule has 0 bridgehead atoms. The number of benzene rings is 1. The van der Waals surface area contributed by atoms with Gasteiger partial charge in [0.25, 0.3) is 15.6 Å². The third-order valence-corrected chi connectivity index (χ3v) is 9.05. The van der Waals surface area contributed by atoms with Gasteiger partial charge < -0.3 is 9.88 Å². The van der Waals surface area contributed by atoms with Crippen molar-refractivity contribution in [1.29, 1.82) is 0 Å². The molecule has 0 amide bonds. The molecule has 1 N–H and O–H groups in total. The number of sulfonamides is 1. The van der Waals surface area contributed by atoms with E-state index in [1.165, 1.54) is 27.8 Å². The van der Waals surface area contributed by atoms with E-state index in [1.54, 1.807) is 24.3 Å². The molecule has 164 valence electrons. The van der Waals surface area contributed by atoms with Gasteiger partial charge in [-0.15, -0.1) is 11.3 Å². The van der Waals surface area contributed by atoms with E-state index in [-0.39, 0.29) is 11.4 Å². The molecule has 0 atom stereocenters. The summed E-state index contributed by atoms with van der Waals surface area (Å²) in [6.07, 6.45) is 0.609. The van der Waals surface area contributed by atoms with Gasteiger partial charge in [-0.25, -0.2) is 12.8 Å². The van der Waals surface area contributed by atoms with Crippen LogP contribution in [0.25, 0.3) is 10.4 Å². The minimum atomic E-state index is -3.60. The molecule has 1 fully saturated rings. The fourth-order valence-electron chi connectivity index (χ4n) is 3.75. The van der Waals surface area contributed by atoms with Crippen LogP contribution in [0.3, 0.4) is 0 Å². The number of H-pyrrole nitrogens is 1. The van der Waals surface area contributed by atoms with Crippen molar-refractivity contribution < 1.29 is 12.8 Å². The Morgan fingerprint density at radius 1 is 1.06 bits per heavy atom. The zero-order chi connectivity index (χ0) is 22.2. The third kappa shape index (κ3) is 4.30. The number of aromatic amines is 1. The van der Waals surface area contributed by atoms with E-state index in [0.29, 0.717) is 42.4 Å². The number of thiophene rings is 1. The lowest BCUT2D eigenvalue weighted by Gasteiger charge is -2.35. The number of aromatic nitrogens is 1. The molecule has 1 aromatic carbocycles. The number of hydrogen-bond donors (Lipinski definition) is 1. The number of nitrogens with one attached hydrogen (secondary N) is 1. The van der Waals surface area contributed by atoms with Gasteiger partial charge in [0.1, 0.15) is 10.0 Å². The van der Waals surface area contributed by atoms with Gasteiger partial charge in [0.2, 0.25) is 0 Å². The molecule has 31 heavy (non-hydrogen) atoms. The number of rotatable bonds is 5. The van der Waals surface area contributed by atoms with Gasteiger partial charge in [-0.3, -0.25) is 4.79 Å². The highest BCUT2D eigenvalue weighted by Crippen LogP contribution is 2.34. The maximum Gasteiger partial charge on any atom is 0.252 e. The average Bonchev–Trinajstić information content (AvgIpc) is 3.25. The van der Waals surface area contributed by atoms with Gasteiger partial charge in [0.05, 0.1) is 0 Å². The number of anilines is 1. The van der Waals surface area contributed by atoms with Crippen molar-refractivity contribution in [1.82, 2.24) is 9.29 Å². The third-order valence-electron chi connectivity index (χ3n) is 5.57. The molecule has 1 saturated heterocycles. The molecule has 9 heteroatoms. The highest BCUT2D eigenvalue weighted by molar-refractivity contribution is 7.91. The summed E-state index contributed by atoms with van der Waals surface area (Å²) in [5.41, 5.74) is 3.03. The summed E-state index contributed by atoms with van der Waals surface area (Å²) in [5, 5.41) is 0. The standard InChI is InChI=1S/C22H24FN3O3S2/c1-3-16-14-19(15(2)24-22(16)27)20-8-9-21(30-20)31(28,29)26-12-10-25(11-13-26)18-6-4-17(23)5-7-18/h4-9,14H,3,10-13H2,1-2H3,(H,24,27). The van der Waals surface area contributed by atoms with Gasteiger partial charge in [-0.05, 0) is 55.8 Å². The van der Waals surface area contributed by atoms with Gasteiger partial charge in [-0.2, -0.15) is 4.31 Å². The molecule has 0 unspecified atom stereocenters. The highest BCUT2D eigenvalue weighted by Gasteiger charge is 2.30. The van der Waals surface area contributed by atoms with Crippen LogP contribution in [0.2, 0.25) is 0 Å². The van der Waals surface area contributed by atoms with E-state index < -0.39 is 10.0 Å². The van der Waals surface area contributed by atoms with E-state index in [0.717, 1.165) is 21.8 Å². The number of piperazine rings is 1. The van der Waals surface area contributed by atoms with Gasteiger partial charge >= 0.3 is 0 Å². The van der Waals surface area contributed by atoms with Gasteiger partial charge in [0.15, 0.2) is 0 Å². The van der Waals surface area contributed by atoms with E-state index >= 15 is 0 Å². The molecule has 0 aliphatic carbocycles. The Balaban J connectivity index is 1.52. The summed E-state index contributed by atoms with van der Waals surface area (Å²) in [7, 11) is -3.60. The summed E-state index contributed by atoms with van der Waals surface area (Å²) in [5.74, 6) is -0.290. The maximum absolute atomic E-state index is 13.2. The van der Waals surface area contributed by atoms with Crippen LogP contribution in [-0.4, -0.2) is 43.9 Å². The van der Waals surface area contributed by atoms with E-state index in [1.807, 2.05) is 19.9 Å². The molecule has 3 aromatic rings. The first kappa shape index (κ1) is 21.7. The van der Waals surface area contributed by atoms with Crippen LogP contribution < -0.4 is 10.5 Å². The molecule has 0 spiro atoms. The van der Waals surface area contributed by atoms with E-state index in [4.69, 9.17) is 0 Å². The molecular weight excluding hydrogens is 437 g/mol. The zero-order valence-electron chi connectivity index (χ0n) is 17.4. The number of hydrogen-bond acceptors (Lipinski definition) is 5. The highest BCUT2D eigenvalue weighted by atomic mass is 32.2. The van der Waals surface area contributed by atoms with Crippen molar-refractivity contribution in [2.75, 3.05) is 31.1 Å². The van der Waals surface area contributed by atoms with Crippen molar-refractivity contribution in [3.8, 4) is 10.4 Å². The van der Waals surface area contributed by atoms with Crippen LogP contribution in [0.1, 0.15) is 18.2 Å². The monoisotopic (exact) mass is 461 g/mol. The fourth-order valence-corrected chi connectivity index (χ4v) is 6.71. The SMILES string of the molecule is CCc1cc(-c2ccc(S(=O)(=O)N3CCN(c4ccc(F)cc4)CC3)s2)c(C)[nH]c1=O. The average molecular weight is 462 g/mol.